The summed E-state index contributed by atoms with van der Waals surface area (Å²) in [6.45, 7) is 7.37. The number of rotatable bonds is 2. The molecule has 1 saturated heterocycles. The molecule has 0 saturated carbocycles. The van der Waals surface area contributed by atoms with Crippen LogP contribution in [0.5, 0.6) is 0 Å². The molecule has 1 amide bonds. The van der Waals surface area contributed by atoms with Crippen LogP contribution >= 0.6 is 0 Å². The molecule has 2 aliphatic heterocycles. The second kappa shape index (κ2) is 7.92. The fourth-order valence-electron chi connectivity index (χ4n) is 5.80. The summed E-state index contributed by atoms with van der Waals surface area (Å²) in [5, 5.41) is 7.04. The van der Waals surface area contributed by atoms with Gasteiger partial charge in [-0.2, -0.15) is 18.3 Å². The molecular formula is C25H26F3N5O. The lowest BCUT2D eigenvalue weighted by Crippen LogP contribution is -2.56. The summed E-state index contributed by atoms with van der Waals surface area (Å²) in [6, 6.07) is 5.18. The van der Waals surface area contributed by atoms with Crippen LogP contribution in [0.2, 0.25) is 0 Å². The van der Waals surface area contributed by atoms with E-state index >= 15 is 0 Å². The Hall–Kier alpha value is -3.23. The maximum atomic E-state index is 13.9. The van der Waals surface area contributed by atoms with Gasteiger partial charge < -0.3 is 4.90 Å². The molecule has 1 fully saturated rings. The molecular weight excluding hydrogens is 443 g/mol. The predicted molar refractivity (Wildman–Crippen MR) is 120 cm³/mol. The lowest BCUT2D eigenvalue weighted by molar-refractivity contribution is -0.138. The summed E-state index contributed by atoms with van der Waals surface area (Å²) >= 11 is 0. The summed E-state index contributed by atoms with van der Waals surface area (Å²) in [6.07, 6.45) is -1.41. The quantitative estimate of drug-likeness (QED) is 0.554. The SMILES string of the molecule is Cc1nc(-c2ccn[nH]2)c2c(n1)[C@H]1[C@H](C)C[C@H](C)[C@@H](C2)N1C(=O)c1cccc(C(F)(F)F)c1C. The minimum Gasteiger partial charge on any atom is -0.326 e. The van der Waals surface area contributed by atoms with E-state index in [0.29, 0.717) is 12.2 Å². The van der Waals surface area contributed by atoms with E-state index in [0.717, 1.165) is 35.1 Å². The molecule has 0 unspecified atom stereocenters. The van der Waals surface area contributed by atoms with Crippen molar-refractivity contribution in [3.63, 3.8) is 0 Å². The van der Waals surface area contributed by atoms with Crippen LogP contribution in [-0.2, 0) is 12.6 Å². The largest absolute Gasteiger partial charge is 0.416 e. The number of carbonyl (C=O) groups excluding carboxylic acids is 1. The molecule has 178 valence electrons. The molecule has 5 rings (SSSR count). The van der Waals surface area contributed by atoms with Crippen LogP contribution in [0.3, 0.4) is 0 Å². The van der Waals surface area contributed by atoms with E-state index in [1.807, 2.05) is 13.0 Å². The van der Waals surface area contributed by atoms with E-state index in [4.69, 9.17) is 4.98 Å². The number of aromatic amines is 1. The van der Waals surface area contributed by atoms with Gasteiger partial charge in [-0.3, -0.25) is 9.89 Å². The first kappa shape index (κ1) is 22.6. The molecule has 3 aromatic rings. The number of aryl methyl sites for hydroxylation is 1. The van der Waals surface area contributed by atoms with Crippen molar-refractivity contribution in [3.05, 3.63) is 64.2 Å². The van der Waals surface area contributed by atoms with Crippen LogP contribution < -0.4 is 0 Å². The third-order valence-corrected chi connectivity index (χ3v) is 7.30. The van der Waals surface area contributed by atoms with Crippen molar-refractivity contribution in [2.24, 2.45) is 11.8 Å². The topological polar surface area (TPSA) is 74.8 Å². The fourth-order valence-corrected chi connectivity index (χ4v) is 5.80. The monoisotopic (exact) mass is 469 g/mol. The Balaban J connectivity index is 1.66. The number of fused-ring (bicyclic) bond motifs is 4. The first-order valence-corrected chi connectivity index (χ1v) is 11.4. The van der Waals surface area contributed by atoms with Crippen molar-refractivity contribution in [3.8, 4) is 11.4 Å². The number of amides is 1. The minimum atomic E-state index is -4.52. The molecule has 2 bridgehead atoms. The second-order valence-electron chi connectivity index (χ2n) is 9.55. The standard InChI is InChI=1S/C25H26F3N5O/c1-12-10-13(2)23-22-17(21(30-15(4)31-22)19-8-9-29-32-19)11-20(12)33(23)24(34)16-6-5-7-18(14(16)3)25(26,27)28/h5-9,12-13,20,23H,10-11H2,1-4H3,(H,29,32)/t12-,13+,20+,23+/m0/s1. The first-order valence-electron chi connectivity index (χ1n) is 11.4. The molecule has 1 N–H and O–H groups in total. The van der Waals surface area contributed by atoms with Crippen molar-refractivity contribution in [1.82, 2.24) is 25.1 Å². The fraction of sp³-hybridized carbons (Fsp3) is 0.440. The number of nitrogens with zero attached hydrogens (tertiary/aromatic N) is 4. The molecule has 0 spiro atoms. The Morgan fingerprint density at radius 3 is 2.56 bits per heavy atom. The van der Waals surface area contributed by atoms with Gasteiger partial charge in [0.1, 0.15) is 5.82 Å². The minimum absolute atomic E-state index is 0.0406. The van der Waals surface area contributed by atoms with Gasteiger partial charge in [0, 0.05) is 23.4 Å². The lowest BCUT2D eigenvalue weighted by Gasteiger charge is -2.52. The zero-order valence-corrected chi connectivity index (χ0v) is 19.4. The number of alkyl halides is 3. The third kappa shape index (κ3) is 3.49. The molecule has 1 aromatic carbocycles. The lowest BCUT2D eigenvalue weighted by atomic mass is 9.71. The van der Waals surface area contributed by atoms with Gasteiger partial charge in [-0.15, -0.1) is 0 Å². The van der Waals surface area contributed by atoms with Crippen LogP contribution in [0.4, 0.5) is 13.2 Å². The number of hydrogen-bond donors (Lipinski definition) is 1. The summed E-state index contributed by atoms with van der Waals surface area (Å²) in [5.74, 6) is 0.465. The van der Waals surface area contributed by atoms with Gasteiger partial charge in [0.2, 0.25) is 0 Å². The molecule has 4 heterocycles. The molecule has 2 aliphatic rings. The summed E-state index contributed by atoms with van der Waals surface area (Å²) in [5.41, 5.74) is 2.60. The van der Waals surface area contributed by atoms with E-state index in [9.17, 15) is 18.0 Å². The van der Waals surface area contributed by atoms with Crippen molar-refractivity contribution in [2.45, 2.75) is 58.8 Å². The molecule has 0 aliphatic carbocycles. The number of aromatic nitrogens is 4. The highest BCUT2D eigenvalue weighted by molar-refractivity contribution is 5.97. The van der Waals surface area contributed by atoms with E-state index in [-0.39, 0.29) is 41.0 Å². The summed E-state index contributed by atoms with van der Waals surface area (Å²) < 4.78 is 40.7. The van der Waals surface area contributed by atoms with Crippen LogP contribution in [-0.4, -0.2) is 37.0 Å². The zero-order valence-electron chi connectivity index (χ0n) is 19.4. The van der Waals surface area contributed by atoms with E-state index < -0.39 is 11.7 Å². The van der Waals surface area contributed by atoms with Crippen molar-refractivity contribution < 1.29 is 18.0 Å². The maximum Gasteiger partial charge on any atom is 0.416 e. The highest BCUT2D eigenvalue weighted by Crippen LogP contribution is 2.49. The normalized spacial score (nSPS) is 24.1. The van der Waals surface area contributed by atoms with Gasteiger partial charge in [0.25, 0.3) is 5.91 Å². The maximum absolute atomic E-state index is 13.9. The predicted octanol–water partition coefficient (Wildman–Crippen LogP) is 5.29. The number of hydrogen-bond acceptors (Lipinski definition) is 4. The molecule has 6 nitrogen and oxygen atoms in total. The number of piperidine rings is 1. The average Bonchev–Trinajstić information content (AvgIpc) is 3.30. The van der Waals surface area contributed by atoms with Gasteiger partial charge in [0.15, 0.2) is 0 Å². The highest BCUT2D eigenvalue weighted by atomic mass is 19.4. The zero-order chi connectivity index (χ0) is 24.4. The van der Waals surface area contributed by atoms with E-state index in [1.54, 1.807) is 11.1 Å². The number of carbonyl (C=O) groups is 1. The van der Waals surface area contributed by atoms with Crippen LogP contribution in [0.25, 0.3) is 11.4 Å². The molecule has 4 atom stereocenters. The van der Waals surface area contributed by atoms with E-state index in [1.165, 1.54) is 19.1 Å². The summed E-state index contributed by atoms with van der Waals surface area (Å²) in [4.78, 5) is 25.2. The average molecular weight is 470 g/mol. The van der Waals surface area contributed by atoms with Gasteiger partial charge >= 0.3 is 6.18 Å². The Bertz CT molecular complexity index is 1250. The van der Waals surface area contributed by atoms with Crippen LogP contribution in [0.1, 0.15) is 64.9 Å². The Labute approximate surface area is 195 Å². The smallest absolute Gasteiger partial charge is 0.326 e. The van der Waals surface area contributed by atoms with Gasteiger partial charge in [0.05, 0.1) is 28.7 Å². The number of nitrogens with one attached hydrogen (secondary N) is 1. The Morgan fingerprint density at radius 2 is 1.88 bits per heavy atom. The van der Waals surface area contributed by atoms with Gasteiger partial charge in [-0.1, -0.05) is 19.9 Å². The number of H-pyrrole nitrogens is 1. The van der Waals surface area contributed by atoms with Gasteiger partial charge in [-0.25, -0.2) is 9.97 Å². The van der Waals surface area contributed by atoms with Gasteiger partial charge in [-0.05, 0) is 62.3 Å². The Morgan fingerprint density at radius 1 is 1.12 bits per heavy atom. The molecule has 0 radical (unpaired) electrons. The van der Waals surface area contributed by atoms with Crippen LogP contribution in [0.15, 0.2) is 30.5 Å². The number of benzene rings is 1. The molecule has 9 heteroatoms. The van der Waals surface area contributed by atoms with Crippen molar-refractivity contribution in [2.75, 3.05) is 0 Å². The summed E-state index contributed by atoms with van der Waals surface area (Å²) in [7, 11) is 0. The first-order chi connectivity index (χ1) is 16.1. The van der Waals surface area contributed by atoms with Crippen molar-refractivity contribution in [1.29, 1.82) is 0 Å². The van der Waals surface area contributed by atoms with Crippen molar-refractivity contribution >= 4 is 5.91 Å². The van der Waals surface area contributed by atoms with Crippen LogP contribution in [0, 0.1) is 25.7 Å². The molecule has 2 aromatic heterocycles. The van der Waals surface area contributed by atoms with E-state index in [2.05, 4.69) is 29.0 Å². The molecule has 34 heavy (non-hydrogen) atoms. The second-order valence-corrected chi connectivity index (χ2v) is 9.55. The highest BCUT2D eigenvalue weighted by Gasteiger charge is 2.49. The third-order valence-electron chi connectivity index (χ3n) is 7.30. The Kier molecular flexibility index (Phi) is 5.26. The number of halogens is 3.